The molecule has 2 unspecified atom stereocenters. The summed E-state index contributed by atoms with van der Waals surface area (Å²) in [5, 5.41) is 31.9. The molecule has 0 heterocycles. The maximum atomic E-state index is 14.3. The van der Waals surface area contributed by atoms with E-state index >= 15 is 0 Å². The number of hydrogen-bond donors (Lipinski definition) is 4. The van der Waals surface area contributed by atoms with E-state index in [0.29, 0.717) is 0 Å². The molecule has 3 aromatic rings. The summed E-state index contributed by atoms with van der Waals surface area (Å²) in [6, 6.07) is 19.6. The Hall–Kier alpha value is -3.75. The second-order valence-corrected chi connectivity index (χ2v) is 8.48. The molecule has 4 N–H and O–H groups in total. The predicted octanol–water partition coefficient (Wildman–Crippen LogP) is 3.78. The van der Waals surface area contributed by atoms with Gasteiger partial charge in [-0.15, -0.1) is 0 Å². The molecule has 3 aromatic carbocycles. The maximum Gasteiger partial charge on any atom is 0.407 e. The lowest BCUT2D eigenvalue weighted by Gasteiger charge is -2.19. The molecule has 35 heavy (non-hydrogen) atoms. The third kappa shape index (κ3) is 5.50. The highest BCUT2D eigenvalue weighted by Gasteiger charge is 2.29. The summed E-state index contributed by atoms with van der Waals surface area (Å²) in [7, 11) is 0. The Labute approximate surface area is 201 Å². The van der Waals surface area contributed by atoms with E-state index in [1.807, 2.05) is 48.5 Å². The molecule has 1 aliphatic carbocycles. The van der Waals surface area contributed by atoms with Crippen molar-refractivity contribution in [3.8, 4) is 11.1 Å². The molecule has 7 nitrogen and oxygen atoms in total. The molecule has 0 aliphatic heterocycles. The standard InChI is InChI=1S/C27H26FNO6/c28-23-13-16(14-25(31)32)9-10-21(23)26(33)24(30)11-12-29-27(34)35-15-22-19-7-3-1-5-17(19)18-6-2-4-8-20(18)22/h1-10,13,22,24,26,30,33H,11-12,14-15H2,(H,29,34)(H,31,32). The highest BCUT2D eigenvalue weighted by atomic mass is 19.1. The first-order chi connectivity index (χ1) is 16.8. The summed E-state index contributed by atoms with van der Waals surface area (Å²) in [4.78, 5) is 23.0. The summed E-state index contributed by atoms with van der Waals surface area (Å²) in [6.07, 6.45) is -3.92. The topological polar surface area (TPSA) is 116 Å². The molecule has 4 rings (SSSR count). The minimum absolute atomic E-state index is 0.00756. The van der Waals surface area contributed by atoms with Gasteiger partial charge in [-0.2, -0.15) is 0 Å². The number of carbonyl (C=O) groups excluding carboxylic acids is 1. The molecule has 8 heteroatoms. The highest BCUT2D eigenvalue weighted by Crippen LogP contribution is 2.44. The number of rotatable bonds is 9. The van der Waals surface area contributed by atoms with E-state index in [2.05, 4.69) is 5.32 Å². The van der Waals surface area contributed by atoms with Crippen LogP contribution in [0.25, 0.3) is 11.1 Å². The number of aliphatic hydroxyl groups excluding tert-OH is 2. The van der Waals surface area contributed by atoms with Gasteiger partial charge in [-0.05, 0) is 40.3 Å². The Morgan fingerprint density at radius 3 is 2.20 bits per heavy atom. The molecule has 2 atom stereocenters. The van der Waals surface area contributed by atoms with Gasteiger partial charge in [0, 0.05) is 18.0 Å². The number of amides is 1. The molecule has 0 saturated carbocycles. The summed E-state index contributed by atoms with van der Waals surface area (Å²) < 4.78 is 19.7. The number of fused-ring (bicyclic) bond motifs is 3. The molecule has 182 valence electrons. The van der Waals surface area contributed by atoms with E-state index in [0.717, 1.165) is 28.3 Å². The van der Waals surface area contributed by atoms with Crippen molar-refractivity contribution < 1.29 is 34.0 Å². The first-order valence-electron chi connectivity index (χ1n) is 11.3. The van der Waals surface area contributed by atoms with Gasteiger partial charge in [-0.25, -0.2) is 9.18 Å². The Kier molecular flexibility index (Phi) is 7.43. The van der Waals surface area contributed by atoms with E-state index in [1.165, 1.54) is 12.1 Å². The Bertz CT molecular complexity index is 1180. The van der Waals surface area contributed by atoms with Crippen molar-refractivity contribution in [2.45, 2.75) is 31.0 Å². The molecule has 0 fully saturated rings. The minimum atomic E-state index is -1.53. The zero-order chi connectivity index (χ0) is 24.9. The number of nitrogens with one attached hydrogen (secondary N) is 1. The molecule has 0 aromatic heterocycles. The fourth-order valence-corrected chi connectivity index (χ4v) is 4.43. The molecular weight excluding hydrogens is 453 g/mol. The number of ether oxygens (including phenoxy) is 1. The van der Waals surface area contributed by atoms with Crippen molar-refractivity contribution in [1.29, 1.82) is 0 Å². The Morgan fingerprint density at radius 2 is 1.60 bits per heavy atom. The van der Waals surface area contributed by atoms with E-state index < -0.39 is 30.1 Å². The Morgan fingerprint density at radius 1 is 0.971 bits per heavy atom. The first-order valence-corrected chi connectivity index (χ1v) is 11.3. The van der Waals surface area contributed by atoms with Crippen molar-refractivity contribution in [3.05, 3.63) is 94.8 Å². The molecular formula is C27H26FNO6. The minimum Gasteiger partial charge on any atom is -0.481 e. The molecule has 0 bridgehead atoms. The number of hydrogen-bond acceptors (Lipinski definition) is 5. The van der Waals surface area contributed by atoms with Gasteiger partial charge in [0.2, 0.25) is 0 Å². The summed E-state index contributed by atoms with van der Waals surface area (Å²) in [5.74, 6) is -1.98. The second-order valence-electron chi connectivity index (χ2n) is 8.48. The number of carbonyl (C=O) groups is 2. The third-order valence-corrected chi connectivity index (χ3v) is 6.16. The van der Waals surface area contributed by atoms with Crippen molar-refractivity contribution in [2.75, 3.05) is 13.2 Å². The second kappa shape index (κ2) is 10.7. The van der Waals surface area contributed by atoms with Gasteiger partial charge >= 0.3 is 12.1 Å². The van der Waals surface area contributed by atoms with Crippen LogP contribution < -0.4 is 5.32 Å². The van der Waals surface area contributed by atoms with Crippen molar-refractivity contribution in [1.82, 2.24) is 5.32 Å². The van der Waals surface area contributed by atoms with Crippen LogP contribution in [0.5, 0.6) is 0 Å². The number of aliphatic hydroxyl groups is 2. The normalized spacial score (nSPS) is 14.0. The number of alkyl carbamates (subject to hydrolysis) is 1. The number of carboxylic acids is 1. The van der Waals surface area contributed by atoms with Crippen LogP contribution in [0.4, 0.5) is 9.18 Å². The van der Waals surface area contributed by atoms with E-state index in [-0.39, 0.29) is 43.0 Å². The number of carboxylic acid groups (broad SMARTS) is 1. The maximum absolute atomic E-state index is 14.3. The highest BCUT2D eigenvalue weighted by molar-refractivity contribution is 5.79. The van der Waals surface area contributed by atoms with Gasteiger partial charge in [0.15, 0.2) is 0 Å². The quantitative estimate of drug-likeness (QED) is 0.371. The lowest BCUT2D eigenvalue weighted by atomic mass is 9.98. The van der Waals surface area contributed by atoms with Crippen LogP contribution in [0.3, 0.4) is 0 Å². The number of halogens is 1. The molecule has 1 amide bonds. The Balaban J connectivity index is 1.27. The van der Waals surface area contributed by atoms with Crippen LogP contribution in [-0.2, 0) is 16.0 Å². The molecule has 0 saturated heterocycles. The number of benzene rings is 3. The van der Waals surface area contributed by atoms with E-state index in [9.17, 15) is 24.2 Å². The monoisotopic (exact) mass is 479 g/mol. The fourth-order valence-electron chi connectivity index (χ4n) is 4.43. The van der Waals surface area contributed by atoms with Crippen molar-refractivity contribution in [3.63, 3.8) is 0 Å². The molecule has 0 radical (unpaired) electrons. The lowest BCUT2D eigenvalue weighted by Crippen LogP contribution is -2.31. The van der Waals surface area contributed by atoms with Crippen LogP contribution >= 0.6 is 0 Å². The van der Waals surface area contributed by atoms with Crippen molar-refractivity contribution >= 4 is 12.1 Å². The summed E-state index contributed by atoms with van der Waals surface area (Å²) in [6.45, 7) is 0.159. The zero-order valence-electron chi connectivity index (χ0n) is 18.9. The number of aliphatic carboxylic acids is 1. The zero-order valence-corrected chi connectivity index (χ0v) is 18.9. The predicted molar refractivity (Wildman–Crippen MR) is 126 cm³/mol. The first kappa shape index (κ1) is 24.4. The molecule has 0 spiro atoms. The van der Waals surface area contributed by atoms with Gasteiger partial charge in [0.05, 0.1) is 12.5 Å². The van der Waals surface area contributed by atoms with Crippen molar-refractivity contribution in [2.24, 2.45) is 0 Å². The molecule has 1 aliphatic rings. The SMILES string of the molecule is O=C(O)Cc1ccc(C(O)C(O)CCNC(=O)OCC2c3ccccc3-c3ccccc32)c(F)c1. The fraction of sp³-hybridized carbons (Fsp3) is 0.259. The summed E-state index contributed by atoms with van der Waals surface area (Å²) in [5.41, 5.74) is 4.54. The van der Waals surface area contributed by atoms with E-state index in [1.54, 1.807) is 0 Å². The van der Waals surface area contributed by atoms with Crippen LogP contribution in [0.2, 0.25) is 0 Å². The van der Waals surface area contributed by atoms with Gasteiger partial charge in [-0.1, -0.05) is 60.7 Å². The van der Waals surface area contributed by atoms with Gasteiger partial charge < -0.3 is 25.4 Å². The van der Waals surface area contributed by atoms with Gasteiger partial charge in [0.1, 0.15) is 18.5 Å². The van der Waals surface area contributed by atoms with Crippen LogP contribution in [-0.4, -0.2) is 46.6 Å². The van der Waals surface area contributed by atoms with E-state index in [4.69, 9.17) is 9.84 Å². The average molecular weight is 480 g/mol. The van der Waals surface area contributed by atoms with Crippen LogP contribution in [0.15, 0.2) is 66.7 Å². The smallest absolute Gasteiger partial charge is 0.407 e. The largest absolute Gasteiger partial charge is 0.481 e. The lowest BCUT2D eigenvalue weighted by molar-refractivity contribution is -0.136. The summed E-state index contributed by atoms with van der Waals surface area (Å²) >= 11 is 0. The van der Waals surface area contributed by atoms with Crippen LogP contribution in [0, 0.1) is 5.82 Å². The third-order valence-electron chi connectivity index (χ3n) is 6.16. The van der Waals surface area contributed by atoms with Gasteiger partial charge in [0.25, 0.3) is 0 Å². The van der Waals surface area contributed by atoms with Gasteiger partial charge in [-0.3, -0.25) is 4.79 Å². The van der Waals surface area contributed by atoms with Crippen LogP contribution in [0.1, 0.15) is 40.7 Å². The average Bonchev–Trinajstić information content (AvgIpc) is 3.16.